The second kappa shape index (κ2) is 7.35. The summed E-state index contributed by atoms with van der Waals surface area (Å²) >= 11 is 1.72. The van der Waals surface area contributed by atoms with Crippen molar-refractivity contribution in [1.29, 1.82) is 0 Å². The van der Waals surface area contributed by atoms with Crippen LogP contribution in [0.3, 0.4) is 0 Å². The van der Waals surface area contributed by atoms with E-state index < -0.39 is 11.9 Å². The summed E-state index contributed by atoms with van der Waals surface area (Å²) in [5.74, 6) is -0.865. The van der Waals surface area contributed by atoms with Crippen LogP contribution in [0.5, 0.6) is 0 Å². The predicted octanol–water partition coefficient (Wildman–Crippen LogP) is 3.23. The van der Waals surface area contributed by atoms with Crippen LogP contribution in [0.15, 0.2) is 35.7 Å². The minimum absolute atomic E-state index is 0.0410. The maximum atomic E-state index is 13.0. The van der Waals surface area contributed by atoms with E-state index in [2.05, 4.69) is 16.8 Å². The SMILES string of the molecule is CC(C)[C@H](NC(=O)c1ccc(F)cc1)C(=O)N1CCc2sccc2C1. The fourth-order valence-corrected chi connectivity index (χ4v) is 3.86. The topological polar surface area (TPSA) is 49.4 Å². The molecule has 1 aliphatic rings. The highest BCUT2D eigenvalue weighted by atomic mass is 32.1. The molecule has 3 rings (SSSR count). The Balaban J connectivity index is 1.71. The van der Waals surface area contributed by atoms with Crippen molar-refractivity contribution in [3.8, 4) is 0 Å². The minimum atomic E-state index is -0.599. The summed E-state index contributed by atoms with van der Waals surface area (Å²) in [5, 5.41) is 4.87. The molecule has 1 atom stereocenters. The maximum Gasteiger partial charge on any atom is 0.251 e. The van der Waals surface area contributed by atoms with Gasteiger partial charge in [0.15, 0.2) is 0 Å². The lowest BCUT2D eigenvalue weighted by atomic mass is 10.0. The number of fused-ring (bicyclic) bond motifs is 1. The van der Waals surface area contributed by atoms with Gasteiger partial charge in [-0.15, -0.1) is 11.3 Å². The quantitative estimate of drug-likeness (QED) is 0.910. The van der Waals surface area contributed by atoms with Crippen LogP contribution in [0.2, 0.25) is 0 Å². The van der Waals surface area contributed by atoms with Gasteiger partial charge in [-0.3, -0.25) is 9.59 Å². The first-order valence-electron chi connectivity index (χ1n) is 8.36. The summed E-state index contributed by atoms with van der Waals surface area (Å²) in [6.45, 7) is 5.08. The van der Waals surface area contributed by atoms with E-state index in [-0.39, 0.29) is 17.7 Å². The molecule has 1 aromatic carbocycles. The Morgan fingerprint density at radius 1 is 1.20 bits per heavy atom. The van der Waals surface area contributed by atoms with Gasteiger partial charge in [-0.05, 0) is 53.6 Å². The van der Waals surface area contributed by atoms with E-state index in [0.717, 1.165) is 6.42 Å². The van der Waals surface area contributed by atoms with Crippen molar-refractivity contribution in [3.05, 3.63) is 57.5 Å². The highest BCUT2D eigenvalue weighted by molar-refractivity contribution is 7.10. The third kappa shape index (κ3) is 3.90. The molecule has 1 aromatic heterocycles. The number of carbonyl (C=O) groups is 2. The van der Waals surface area contributed by atoms with Gasteiger partial charge in [0.1, 0.15) is 11.9 Å². The van der Waals surface area contributed by atoms with Crippen molar-refractivity contribution in [2.24, 2.45) is 5.92 Å². The Morgan fingerprint density at radius 2 is 1.92 bits per heavy atom. The Labute approximate surface area is 150 Å². The van der Waals surface area contributed by atoms with Gasteiger partial charge >= 0.3 is 0 Å². The number of rotatable bonds is 4. The molecule has 1 N–H and O–H groups in total. The second-order valence-electron chi connectivity index (χ2n) is 6.58. The molecule has 0 radical (unpaired) electrons. The molecule has 0 saturated carbocycles. The standard InChI is InChI=1S/C19H21FN2O2S/c1-12(2)17(21-18(23)13-3-5-15(20)6-4-13)19(24)22-9-7-16-14(11-22)8-10-25-16/h3-6,8,10,12,17H,7,9,11H2,1-2H3,(H,21,23)/t17-/m0/s1. The molecule has 1 aliphatic heterocycles. The zero-order valence-corrected chi connectivity index (χ0v) is 15.1. The van der Waals surface area contributed by atoms with Crippen molar-refractivity contribution in [2.45, 2.75) is 32.9 Å². The zero-order chi connectivity index (χ0) is 18.0. The summed E-state index contributed by atoms with van der Waals surface area (Å²) < 4.78 is 13.0. The molecule has 0 aliphatic carbocycles. The predicted molar refractivity (Wildman–Crippen MR) is 95.9 cm³/mol. The molecule has 25 heavy (non-hydrogen) atoms. The molecule has 132 valence electrons. The van der Waals surface area contributed by atoms with Crippen molar-refractivity contribution in [2.75, 3.05) is 6.54 Å². The van der Waals surface area contributed by atoms with Gasteiger partial charge in [0, 0.05) is 23.5 Å². The molecule has 2 heterocycles. The highest BCUT2D eigenvalue weighted by Crippen LogP contribution is 2.25. The fraction of sp³-hybridized carbons (Fsp3) is 0.368. The van der Waals surface area contributed by atoms with Crippen LogP contribution in [0.25, 0.3) is 0 Å². The Bertz CT molecular complexity index is 770. The van der Waals surface area contributed by atoms with Gasteiger partial charge < -0.3 is 10.2 Å². The highest BCUT2D eigenvalue weighted by Gasteiger charge is 2.31. The van der Waals surface area contributed by atoms with Crippen LogP contribution in [0, 0.1) is 11.7 Å². The number of hydrogen-bond donors (Lipinski definition) is 1. The molecule has 6 heteroatoms. The molecule has 4 nitrogen and oxygen atoms in total. The average Bonchev–Trinajstić information content (AvgIpc) is 3.06. The number of nitrogens with one attached hydrogen (secondary N) is 1. The van der Waals surface area contributed by atoms with E-state index >= 15 is 0 Å². The molecule has 0 unspecified atom stereocenters. The van der Waals surface area contributed by atoms with Gasteiger partial charge in [0.2, 0.25) is 5.91 Å². The molecule has 2 aromatic rings. The van der Waals surface area contributed by atoms with Gasteiger partial charge in [-0.1, -0.05) is 13.8 Å². The van der Waals surface area contributed by atoms with Gasteiger partial charge in [0.05, 0.1) is 0 Å². The summed E-state index contributed by atoms with van der Waals surface area (Å²) in [7, 11) is 0. The molecule has 0 saturated heterocycles. The van der Waals surface area contributed by atoms with Crippen LogP contribution in [-0.4, -0.2) is 29.3 Å². The number of amides is 2. The molecule has 0 spiro atoms. The zero-order valence-electron chi connectivity index (χ0n) is 14.3. The monoisotopic (exact) mass is 360 g/mol. The molecule has 2 amide bonds. The summed E-state index contributed by atoms with van der Waals surface area (Å²) in [4.78, 5) is 28.5. The Hall–Kier alpha value is -2.21. The summed E-state index contributed by atoms with van der Waals surface area (Å²) in [6.07, 6.45) is 0.857. The smallest absolute Gasteiger partial charge is 0.251 e. The van der Waals surface area contributed by atoms with E-state index in [4.69, 9.17) is 0 Å². The van der Waals surface area contributed by atoms with Crippen LogP contribution >= 0.6 is 11.3 Å². The van der Waals surface area contributed by atoms with E-state index in [1.165, 1.54) is 34.7 Å². The van der Waals surface area contributed by atoms with Crippen LogP contribution in [-0.2, 0) is 17.8 Å². The van der Waals surface area contributed by atoms with Gasteiger partial charge in [0.25, 0.3) is 5.91 Å². The number of benzene rings is 1. The van der Waals surface area contributed by atoms with Crippen molar-refractivity contribution in [3.63, 3.8) is 0 Å². The normalized spacial score (nSPS) is 15.0. The minimum Gasteiger partial charge on any atom is -0.340 e. The number of nitrogens with zero attached hydrogens (tertiary/aromatic N) is 1. The molecular formula is C19H21FN2O2S. The van der Waals surface area contributed by atoms with Crippen molar-refractivity contribution >= 4 is 23.2 Å². The lowest BCUT2D eigenvalue weighted by molar-refractivity contribution is -0.135. The maximum absolute atomic E-state index is 13.0. The number of thiophene rings is 1. The second-order valence-corrected chi connectivity index (χ2v) is 7.58. The van der Waals surface area contributed by atoms with Crippen molar-refractivity contribution < 1.29 is 14.0 Å². The van der Waals surface area contributed by atoms with E-state index in [0.29, 0.717) is 18.7 Å². The first-order chi connectivity index (χ1) is 12.0. The van der Waals surface area contributed by atoms with Crippen LogP contribution in [0.1, 0.15) is 34.6 Å². The first-order valence-corrected chi connectivity index (χ1v) is 9.24. The molecule has 0 fully saturated rings. The Morgan fingerprint density at radius 3 is 2.60 bits per heavy atom. The van der Waals surface area contributed by atoms with Gasteiger partial charge in [-0.25, -0.2) is 4.39 Å². The first kappa shape index (κ1) is 17.6. The lowest BCUT2D eigenvalue weighted by Crippen LogP contribution is -2.52. The van der Waals surface area contributed by atoms with E-state index in [1.807, 2.05) is 18.7 Å². The Kier molecular flexibility index (Phi) is 5.18. The lowest BCUT2D eigenvalue weighted by Gasteiger charge is -2.32. The molecule has 0 bridgehead atoms. The van der Waals surface area contributed by atoms with Crippen molar-refractivity contribution in [1.82, 2.24) is 10.2 Å². The number of carbonyl (C=O) groups excluding carboxylic acids is 2. The molecular weight excluding hydrogens is 339 g/mol. The van der Waals surface area contributed by atoms with Gasteiger partial charge in [-0.2, -0.15) is 0 Å². The van der Waals surface area contributed by atoms with E-state index in [9.17, 15) is 14.0 Å². The third-order valence-corrected chi connectivity index (χ3v) is 5.47. The number of hydrogen-bond acceptors (Lipinski definition) is 3. The summed E-state index contributed by atoms with van der Waals surface area (Å²) in [6, 6.07) is 6.78. The third-order valence-electron chi connectivity index (χ3n) is 4.45. The largest absolute Gasteiger partial charge is 0.340 e. The van der Waals surface area contributed by atoms with E-state index in [1.54, 1.807) is 11.3 Å². The van der Waals surface area contributed by atoms with Crippen LogP contribution < -0.4 is 5.32 Å². The summed E-state index contributed by atoms with van der Waals surface area (Å²) in [5.41, 5.74) is 1.54. The van der Waals surface area contributed by atoms with Crippen LogP contribution in [0.4, 0.5) is 4.39 Å². The number of halogens is 1. The average molecular weight is 360 g/mol. The fourth-order valence-electron chi connectivity index (χ4n) is 2.97.